The molecule has 9 heavy (non-hydrogen) atoms. The fourth-order valence-corrected chi connectivity index (χ4v) is 0.426. The van der Waals surface area contributed by atoms with Crippen molar-refractivity contribution >= 4 is 17.0 Å². The highest BCUT2D eigenvalue weighted by molar-refractivity contribution is 7.79. The van der Waals surface area contributed by atoms with Crippen molar-refractivity contribution in [3.05, 3.63) is 0 Å². The number of carboxylic acids is 1. The molecule has 0 bridgehead atoms. The van der Waals surface area contributed by atoms with E-state index in [-0.39, 0.29) is 0 Å². The van der Waals surface area contributed by atoms with Gasteiger partial charge in [0.25, 0.3) is 0 Å². The third kappa shape index (κ3) is 7.54. The standard InChI is InChI=1S/C3H6O5S/c4-3(5)1-8-2-9(6)7/h1-2H2,(H,4,5)(H,6,7). The quantitative estimate of drug-likeness (QED) is 0.521. The normalized spacial score (nSPS) is 13.0. The Morgan fingerprint density at radius 3 is 2.56 bits per heavy atom. The summed E-state index contributed by atoms with van der Waals surface area (Å²) >= 11 is -2.07. The summed E-state index contributed by atoms with van der Waals surface area (Å²) in [6.45, 7) is -0.535. The van der Waals surface area contributed by atoms with Gasteiger partial charge in [-0.2, -0.15) is 0 Å². The Morgan fingerprint density at radius 1 is 1.67 bits per heavy atom. The minimum atomic E-state index is -2.07. The first-order valence-electron chi connectivity index (χ1n) is 2.00. The zero-order valence-corrected chi connectivity index (χ0v) is 5.26. The average Bonchev–Trinajstić information content (AvgIpc) is 1.63. The van der Waals surface area contributed by atoms with Crippen LogP contribution in [0.25, 0.3) is 0 Å². The predicted molar refractivity (Wildman–Crippen MR) is 29.2 cm³/mol. The number of aliphatic carboxylic acids is 1. The van der Waals surface area contributed by atoms with Gasteiger partial charge in [0, 0.05) is 0 Å². The number of hydrogen-bond donors (Lipinski definition) is 2. The Hall–Kier alpha value is -0.460. The molecule has 5 nitrogen and oxygen atoms in total. The summed E-state index contributed by atoms with van der Waals surface area (Å²) in [4.78, 5) is 9.68. The van der Waals surface area contributed by atoms with Gasteiger partial charge in [-0.15, -0.1) is 0 Å². The summed E-state index contributed by atoms with van der Waals surface area (Å²) in [5, 5.41) is 7.92. The van der Waals surface area contributed by atoms with E-state index < -0.39 is 29.6 Å². The molecule has 0 saturated carbocycles. The Morgan fingerprint density at radius 2 is 2.22 bits per heavy atom. The Bertz CT molecular complexity index is 107. The molecule has 0 aliphatic rings. The molecule has 2 N–H and O–H groups in total. The smallest absolute Gasteiger partial charge is 0.329 e. The molecule has 0 spiro atoms. The number of ether oxygens (including phenoxy) is 1. The van der Waals surface area contributed by atoms with Crippen LogP contribution in [0, 0.1) is 0 Å². The molecule has 0 amide bonds. The lowest BCUT2D eigenvalue weighted by atomic mass is 10.8. The Labute approximate surface area is 53.9 Å². The third-order valence-corrected chi connectivity index (χ3v) is 0.778. The van der Waals surface area contributed by atoms with Crippen molar-refractivity contribution < 1.29 is 23.4 Å². The van der Waals surface area contributed by atoms with Crippen molar-refractivity contribution in [2.45, 2.75) is 0 Å². The van der Waals surface area contributed by atoms with Crippen LogP contribution in [0.5, 0.6) is 0 Å². The van der Waals surface area contributed by atoms with Crippen molar-refractivity contribution in [2.24, 2.45) is 0 Å². The lowest BCUT2D eigenvalue weighted by Gasteiger charge is -1.93. The Balaban J connectivity index is 3.10. The monoisotopic (exact) mass is 154 g/mol. The second-order valence-corrected chi connectivity index (χ2v) is 2.06. The molecule has 0 saturated heterocycles. The van der Waals surface area contributed by atoms with Gasteiger partial charge in [0.15, 0.2) is 11.1 Å². The minimum absolute atomic E-state index is 0.452. The molecule has 54 valence electrons. The van der Waals surface area contributed by atoms with Crippen LogP contribution >= 0.6 is 0 Å². The van der Waals surface area contributed by atoms with Gasteiger partial charge < -0.3 is 14.4 Å². The van der Waals surface area contributed by atoms with Crippen molar-refractivity contribution in [2.75, 3.05) is 12.5 Å². The van der Waals surface area contributed by atoms with Crippen molar-refractivity contribution in [3.63, 3.8) is 0 Å². The van der Waals surface area contributed by atoms with Gasteiger partial charge in [-0.3, -0.25) is 0 Å². The molecule has 6 heteroatoms. The molecule has 0 aliphatic heterocycles. The van der Waals surface area contributed by atoms with Crippen LogP contribution in [0.3, 0.4) is 0 Å². The lowest BCUT2D eigenvalue weighted by molar-refractivity contribution is -0.141. The topological polar surface area (TPSA) is 83.8 Å². The van der Waals surface area contributed by atoms with E-state index in [2.05, 4.69) is 4.74 Å². The predicted octanol–water partition coefficient (Wildman–Crippen LogP) is -0.733. The van der Waals surface area contributed by atoms with E-state index in [1.807, 2.05) is 0 Å². The summed E-state index contributed by atoms with van der Waals surface area (Å²) in [5.74, 6) is -1.60. The van der Waals surface area contributed by atoms with Crippen molar-refractivity contribution in [3.8, 4) is 0 Å². The molecule has 0 rings (SSSR count). The summed E-state index contributed by atoms with van der Waals surface area (Å²) in [7, 11) is 0. The molecular formula is C3H6O5S. The maximum Gasteiger partial charge on any atom is 0.329 e. The fourth-order valence-electron chi connectivity index (χ4n) is 0.200. The zero-order chi connectivity index (χ0) is 7.28. The summed E-state index contributed by atoms with van der Waals surface area (Å²) in [5.41, 5.74) is 0. The lowest BCUT2D eigenvalue weighted by Crippen LogP contribution is -2.09. The average molecular weight is 154 g/mol. The van der Waals surface area contributed by atoms with Crippen LogP contribution in [0.4, 0.5) is 0 Å². The SMILES string of the molecule is O=C(O)COCS(=O)O. The van der Waals surface area contributed by atoms with Gasteiger partial charge in [0.05, 0.1) is 0 Å². The highest BCUT2D eigenvalue weighted by atomic mass is 32.2. The summed E-state index contributed by atoms with van der Waals surface area (Å²) in [6, 6.07) is 0. The van der Waals surface area contributed by atoms with E-state index in [4.69, 9.17) is 9.66 Å². The largest absolute Gasteiger partial charge is 0.480 e. The van der Waals surface area contributed by atoms with Gasteiger partial charge >= 0.3 is 5.97 Å². The summed E-state index contributed by atoms with van der Waals surface area (Å²) < 4.78 is 22.0. The second kappa shape index (κ2) is 4.42. The van der Waals surface area contributed by atoms with Crippen molar-refractivity contribution in [1.29, 1.82) is 0 Å². The van der Waals surface area contributed by atoms with E-state index >= 15 is 0 Å². The van der Waals surface area contributed by atoms with E-state index in [1.165, 1.54) is 0 Å². The van der Waals surface area contributed by atoms with E-state index in [1.54, 1.807) is 0 Å². The van der Waals surface area contributed by atoms with Crippen LogP contribution in [-0.4, -0.2) is 32.4 Å². The van der Waals surface area contributed by atoms with Crippen LogP contribution in [0.1, 0.15) is 0 Å². The van der Waals surface area contributed by atoms with Gasteiger partial charge in [0.1, 0.15) is 12.5 Å². The fraction of sp³-hybridized carbons (Fsp3) is 0.667. The molecule has 0 aromatic heterocycles. The van der Waals surface area contributed by atoms with Gasteiger partial charge in [0.2, 0.25) is 0 Å². The van der Waals surface area contributed by atoms with Gasteiger partial charge in [-0.25, -0.2) is 9.00 Å². The van der Waals surface area contributed by atoms with Crippen molar-refractivity contribution in [1.82, 2.24) is 0 Å². The van der Waals surface area contributed by atoms with Gasteiger partial charge in [-0.05, 0) is 0 Å². The first kappa shape index (κ1) is 8.54. The molecule has 0 radical (unpaired) electrons. The molecule has 1 unspecified atom stereocenters. The highest BCUT2D eigenvalue weighted by Gasteiger charge is 1.97. The molecular weight excluding hydrogens is 148 g/mol. The maximum absolute atomic E-state index is 9.77. The van der Waals surface area contributed by atoms with E-state index in [0.717, 1.165) is 0 Å². The number of carbonyl (C=O) groups is 1. The van der Waals surface area contributed by atoms with Crippen LogP contribution < -0.4 is 0 Å². The van der Waals surface area contributed by atoms with Crippen LogP contribution in [-0.2, 0) is 20.6 Å². The first-order valence-corrected chi connectivity index (χ1v) is 3.27. The molecule has 1 atom stereocenters. The molecule has 0 heterocycles. The third-order valence-electron chi connectivity index (χ3n) is 0.410. The van der Waals surface area contributed by atoms with Crippen LogP contribution in [0.2, 0.25) is 0 Å². The van der Waals surface area contributed by atoms with Gasteiger partial charge in [-0.1, -0.05) is 0 Å². The number of rotatable bonds is 4. The number of carboxylic acid groups (broad SMARTS) is 1. The highest BCUT2D eigenvalue weighted by Crippen LogP contribution is 1.77. The van der Waals surface area contributed by atoms with E-state index in [0.29, 0.717) is 0 Å². The maximum atomic E-state index is 9.77. The molecule has 0 fully saturated rings. The molecule has 0 aliphatic carbocycles. The Kier molecular flexibility index (Phi) is 4.20. The minimum Gasteiger partial charge on any atom is -0.480 e. The second-order valence-electron chi connectivity index (χ2n) is 1.18. The first-order chi connectivity index (χ1) is 4.13. The summed E-state index contributed by atoms with van der Waals surface area (Å²) in [6.07, 6.45) is 0. The van der Waals surface area contributed by atoms with E-state index in [9.17, 15) is 9.00 Å². The molecule has 0 aromatic carbocycles. The zero-order valence-electron chi connectivity index (χ0n) is 4.44. The molecule has 0 aromatic rings. The number of hydrogen-bond acceptors (Lipinski definition) is 3. The van der Waals surface area contributed by atoms with Crippen LogP contribution in [0.15, 0.2) is 0 Å².